The first-order chi connectivity index (χ1) is 12.0. The Bertz CT molecular complexity index is 765. The maximum atomic E-state index is 12.4. The topological polar surface area (TPSA) is 79.8 Å². The van der Waals surface area contributed by atoms with Crippen LogP contribution in [0.3, 0.4) is 0 Å². The Morgan fingerprint density at radius 3 is 2.56 bits per heavy atom. The third-order valence-electron chi connectivity index (χ3n) is 4.84. The van der Waals surface area contributed by atoms with Gasteiger partial charge in [-0.2, -0.15) is 0 Å². The van der Waals surface area contributed by atoms with Gasteiger partial charge in [0.1, 0.15) is 6.26 Å². The second kappa shape index (κ2) is 7.06. The molecule has 1 fully saturated rings. The molecule has 1 atom stereocenters. The smallest absolute Gasteiger partial charge is 0.269 e. The Labute approximate surface area is 146 Å². The maximum Gasteiger partial charge on any atom is 0.269 e. The Hall–Kier alpha value is -2.67. The molecule has 1 aromatic heterocycles. The number of non-ortho nitro benzene ring substituents is 1. The minimum Gasteiger partial charge on any atom is -0.472 e. The molecule has 3 rings (SSSR count). The summed E-state index contributed by atoms with van der Waals surface area (Å²) in [6, 6.07) is 6.72. The summed E-state index contributed by atoms with van der Waals surface area (Å²) in [5.41, 5.74) is 2.68. The van der Waals surface area contributed by atoms with Crippen LogP contribution in [0, 0.1) is 17.0 Å². The largest absolute Gasteiger partial charge is 0.472 e. The minimum absolute atomic E-state index is 0.0208. The van der Waals surface area contributed by atoms with Crippen LogP contribution in [0.2, 0.25) is 0 Å². The normalized spacial score (nSPS) is 16.6. The van der Waals surface area contributed by atoms with E-state index in [-0.39, 0.29) is 22.6 Å². The van der Waals surface area contributed by atoms with Crippen LogP contribution in [0.1, 0.15) is 34.5 Å². The molecule has 1 aliphatic rings. The second-order valence-corrected chi connectivity index (χ2v) is 6.31. The fourth-order valence-corrected chi connectivity index (χ4v) is 3.27. The van der Waals surface area contributed by atoms with Crippen LogP contribution in [-0.4, -0.2) is 46.8 Å². The molecule has 1 amide bonds. The number of aryl methyl sites for hydroxylation is 1. The van der Waals surface area contributed by atoms with E-state index in [9.17, 15) is 14.9 Å². The van der Waals surface area contributed by atoms with Gasteiger partial charge in [0, 0.05) is 44.4 Å². The molecule has 0 unspecified atom stereocenters. The van der Waals surface area contributed by atoms with Crippen molar-refractivity contribution in [1.29, 1.82) is 0 Å². The Kier molecular flexibility index (Phi) is 4.85. The molecule has 7 nitrogen and oxygen atoms in total. The SMILES string of the molecule is Cc1ccc([N+](=O)[O-])cc1[C@H](C)N1CCN(C(=O)c2ccoc2)CC1. The summed E-state index contributed by atoms with van der Waals surface area (Å²) in [5, 5.41) is 11.0. The van der Waals surface area contributed by atoms with Gasteiger partial charge in [0.2, 0.25) is 0 Å². The molecule has 2 aromatic rings. The Morgan fingerprint density at radius 2 is 1.96 bits per heavy atom. The van der Waals surface area contributed by atoms with Crippen molar-refractivity contribution in [3.8, 4) is 0 Å². The van der Waals surface area contributed by atoms with Crippen molar-refractivity contribution < 1.29 is 14.1 Å². The van der Waals surface area contributed by atoms with Crippen molar-refractivity contribution >= 4 is 11.6 Å². The molecule has 0 aliphatic carbocycles. The van der Waals surface area contributed by atoms with Gasteiger partial charge in [-0.15, -0.1) is 0 Å². The monoisotopic (exact) mass is 343 g/mol. The van der Waals surface area contributed by atoms with E-state index in [1.165, 1.54) is 18.6 Å². The van der Waals surface area contributed by atoms with Crippen molar-refractivity contribution in [2.45, 2.75) is 19.9 Å². The molecule has 1 aromatic carbocycles. The fraction of sp³-hybridized carbons (Fsp3) is 0.389. The predicted molar refractivity (Wildman–Crippen MR) is 92.4 cm³/mol. The van der Waals surface area contributed by atoms with E-state index in [2.05, 4.69) is 11.8 Å². The number of nitro groups is 1. The summed E-state index contributed by atoms with van der Waals surface area (Å²) >= 11 is 0. The van der Waals surface area contributed by atoms with E-state index in [0.717, 1.165) is 24.2 Å². The zero-order valence-corrected chi connectivity index (χ0v) is 14.3. The summed E-state index contributed by atoms with van der Waals surface area (Å²) in [7, 11) is 0. The minimum atomic E-state index is -0.364. The highest BCUT2D eigenvalue weighted by atomic mass is 16.6. The number of rotatable bonds is 4. The number of benzene rings is 1. The summed E-state index contributed by atoms with van der Waals surface area (Å²) in [6.45, 7) is 6.73. The van der Waals surface area contributed by atoms with Crippen LogP contribution >= 0.6 is 0 Å². The number of hydrogen-bond donors (Lipinski definition) is 0. The van der Waals surface area contributed by atoms with E-state index in [4.69, 9.17) is 4.42 Å². The lowest BCUT2D eigenvalue weighted by molar-refractivity contribution is -0.385. The third-order valence-corrected chi connectivity index (χ3v) is 4.84. The zero-order valence-electron chi connectivity index (χ0n) is 14.3. The van der Waals surface area contributed by atoms with E-state index < -0.39 is 0 Å². The quantitative estimate of drug-likeness (QED) is 0.630. The molecule has 1 saturated heterocycles. The lowest BCUT2D eigenvalue weighted by atomic mass is 10.00. The highest BCUT2D eigenvalue weighted by molar-refractivity contribution is 5.93. The Balaban J connectivity index is 1.67. The molecule has 25 heavy (non-hydrogen) atoms. The van der Waals surface area contributed by atoms with E-state index in [0.29, 0.717) is 18.7 Å². The van der Waals surface area contributed by atoms with Crippen LogP contribution < -0.4 is 0 Å². The summed E-state index contributed by atoms with van der Waals surface area (Å²) in [4.78, 5) is 27.1. The molecule has 132 valence electrons. The molecule has 0 radical (unpaired) electrons. The van der Waals surface area contributed by atoms with E-state index in [1.807, 2.05) is 11.8 Å². The molecule has 1 aliphatic heterocycles. The van der Waals surface area contributed by atoms with Crippen molar-refractivity contribution in [3.05, 3.63) is 63.6 Å². The van der Waals surface area contributed by atoms with Gasteiger partial charge in [-0.05, 0) is 31.0 Å². The van der Waals surface area contributed by atoms with Crippen LogP contribution in [0.25, 0.3) is 0 Å². The third kappa shape index (κ3) is 3.56. The molecular weight excluding hydrogens is 322 g/mol. The molecule has 0 bridgehead atoms. The average molecular weight is 343 g/mol. The maximum absolute atomic E-state index is 12.4. The van der Waals surface area contributed by atoms with E-state index >= 15 is 0 Å². The predicted octanol–water partition coefficient (Wildman–Crippen LogP) is 3.02. The fourth-order valence-electron chi connectivity index (χ4n) is 3.27. The number of piperazine rings is 1. The number of nitro benzene ring substituents is 1. The average Bonchev–Trinajstić information content (AvgIpc) is 3.15. The number of amides is 1. The Morgan fingerprint density at radius 1 is 1.24 bits per heavy atom. The van der Waals surface area contributed by atoms with Crippen LogP contribution in [0.4, 0.5) is 5.69 Å². The molecule has 2 heterocycles. The van der Waals surface area contributed by atoms with E-state index in [1.54, 1.807) is 18.2 Å². The highest BCUT2D eigenvalue weighted by Crippen LogP contribution is 2.28. The molecule has 0 saturated carbocycles. The summed E-state index contributed by atoms with van der Waals surface area (Å²) < 4.78 is 4.97. The number of nitrogens with zero attached hydrogens (tertiary/aromatic N) is 3. The molecule has 7 heteroatoms. The van der Waals surface area contributed by atoms with Crippen molar-refractivity contribution in [3.63, 3.8) is 0 Å². The number of furan rings is 1. The van der Waals surface area contributed by atoms with Gasteiger partial charge in [-0.25, -0.2) is 0 Å². The van der Waals surface area contributed by atoms with Gasteiger partial charge in [-0.1, -0.05) is 6.07 Å². The van der Waals surface area contributed by atoms with Gasteiger partial charge in [0.25, 0.3) is 11.6 Å². The van der Waals surface area contributed by atoms with Gasteiger partial charge >= 0.3 is 0 Å². The van der Waals surface area contributed by atoms with Crippen LogP contribution in [0.15, 0.2) is 41.2 Å². The standard InChI is InChI=1S/C18H21N3O4/c1-13-3-4-16(21(23)24)11-17(13)14(2)19-6-8-20(9-7-19)18(22)15-5-10-25-12-15/h3-5,10-12,14H,6-9H2,1-2H3/t14-/m0/s1. The number of hydrogen-bond acceptors (Lipinski definition) is 5. The summed E-state index contributed by atoms with van der Waals surface area (Å²) in [5.74, 6) is -0.0208. The van der Waals surface area contributed by atoms with Crippen molar-refractivity contribution in [2.24, 2.45) is 0 Å². The van der Waals surface area contributed by atoms with Gasteiger partial charge in [0.05, 0.1) is 16.7 Å². The summed E-state index contributed by atoms with van der Waals surface area (Å²) in [6.07, 6.45) is 2.96. The first-order valence-electron chi connectivity index (χ1n) is 8.28. The molecule has 0 N–H and O–H groups in total. The van der Waals surface area contributed by atoms with Gasteiger partial charge < -0.3 is 9.32 Å². The molecular formula is C18H21N3O4. The molecule has 0 spiro atoms. The number of carbonyl (C=O) groups is 1. The lowest BCUT2D eigenvalue weighted by Crippen LogP contribution is -2.49. The zero-order chi connectivity index (χ0) is 18.0. The lowest BCUT2D eigenvalue weighted by Gasteiger charge is -2.38. The van der Waals surface area contributed by atoms with Crippen LogP contribution in [0.5, 0.6) is 0 Å². The van der Waals surface area contributed by atoms with Crippen LogP contribution in [-0.2, 0) is 0 Å². The van der Waals surface area contributed by atoms with Gasteiger partial charge in [-0.3, -0.25) is 19.8 Å². The first-order valence-corrected chi connectivity index (χ1v) is 8.28. The van der Waals surface area contributed by atoms with Gasteiger partial charge in [0.15, 0.2) is 0 Å². The van der Waals surface area contributed by atoms with Crippen molar-refractivity contribution in [2.75, 3.05) is 26.2 Å². The second-order valence-electron chi connectivity index (χ2n) is 6.31. The highest BCUT2D eigenvalue weighted by Gasteiger charge is 2.27. The first kappa shape index (κ1) is 17.2. The number of carbonyl (C=O) groups excluding carboxylic acids is 1. The van der Waals surface area contributed by atoms with Crippen molar-refractivity contribution in [1.82, 2.24) is 9.80 Å².